The molecular formula is C16H24N2O4. The van der Waals surface area contributed by atoms with Crippen LogP contribution >= 0.6 is 0 Å². The number of likely N-dealkylation sites (N-methyl/N-ethyl adjacent to an activating group) is 1. The van der Waals surface area contributed by atoms with Crippen molar-refractivity contribution in [2.24, 2.45) is 5.73 Å². The maximum atomic E-state index is 12.2. The molecule has 1 amide bonds. The average Bonchev–Trinajstić information content (AvgIpc) is 3.03. The van der Waals surface area contributed by atoms with E-state index in [0.717, 1.165) is 24.3 Å². The summed E-state index contributed by atoms with van der Waals surface area (Å²) in [5.74, 6) is 1.53. The normalized spacial score (nSPS) is 20.7. The lowest BCUT2D eigenvalue weighted by Crippen LogP contribution is -2.39. The van der Waals surface area contributed by atoms with Crippen molar-refractivity contribution < 1.29 is 19.0 Å². The molecule has 6 nitrogen and oxygen atoms in total. The number of hydrogen-bond acceptors (Lipinski definition) is 5. The summed E-state index contributed by atoms with van der Waals surface area (Å²) in [5, 5.41) is 0. The molecule has 1 fully saturated rings. The van der Waals surface area contributed by atoms with Crippen molar-refractivity contribution in [2.45, 2.75) is 25.0 Å². The number of nitrogens with two attached hydrogens (primary N) is 1. The minimum absolute atomic E-state index is 0.00530. The zero-order valence-corrected chi connectivity index (χ0v) is 13.2. The lowest BCUT2D eigenvalue weighted by Gasteiger charge is -2.21. The van der Waals surface area contributed by atoms with E-state index in [1.165, 1.54) is 0 Å². The molecule has 2 N–H and O–H groups in total. The second kappa shape index (κ2) is 8.00. The summed E-state index contributed by atoms with van der Waals surface area (Å²) in [5.41, 5.74) is 5.56. The maximum absolute atomic E-state index is 12.2. The third kappa shape index (κ3) is 4.35. The minimum Gasteiger partial charge on any atom is -0.497 e. The Morgan fingerprint density at radius 2 is 2.00 bits per heavy atom. The lowest BCUT2D eigenvalue weighted by atomic mass is 10.2. The molecule has 0 saturated carbocycles. The van der Waals surface area contributed by atoms with Gasteiger partial charge in [-0.05, 0) is 37.1 Å². The lowest BCUT2D eigenvalue weighted by molar-refractivity contribution is -0.141. The molecule has 1 aliphatic heterocycles. The van der Waals surface area contributed by atoms with Crippen LogP contribution in [0.3, 0.4) is 0 Å². The molecule has 122 valence electrons. The molecule has 2 rings (SSSR count). The third-order valence-electron chi connectivity index (χ3n) is 3.78. The van der Waals surface area contributed by atoms with E-state index < -0.39 is 0 Å². The molecule has 1 aliphatic rings. The van der Waals surface area contributed by atoms with Crippen molar-refractivity contribution in [3.05, 3.63) is 24.3 Å². The molecule has 0 radical (unpaired) electrons. The van der Waals surface area contributed by atoms with Crippen LogP contribution in [0.2, 0.25) is 0 Å². The van der Waals surface area contributed by atoms with E-state index in [-0.39, 0.29) is 18.1 Å². The van der Waals surface area contributed by atoms with Crippen molar-refractivity contribution in [1.29, 1.82) is 0 Å². The predicted octanol–water partition coefficient (Wildman–Crippen LogP) is 1.04. The summed E-state index contributed by atoms with van der Waals surface area (Å²) in [4.78, 5) is 13.9. The van der Waals surface area contributed by atoms with Gasteiger partial charge in [-0.1, -0.05) is 0 Å². The van der Waals surface area contributed by atoms with Crippen LogP contribution in [0.1, 0.15) is 12.8 Å². The highest BCUT2D eigenvalue weighted by molar-refractivity contribution is 5.80. The fraction of sp³-hybridized carbons (Fsp3) is 0.562. The topological polar surface area (TPSA) is 74.0 Å². The number of carbonyl (C=O) groups excluding carboxylic acids is 1. The number of ether oxygens (including phenoxy) is 3. The molecule has 0 aliphatic carbocycles. The summed E-state index contributed by atoms with van der Waals surface area (Å²) in [6.45, 7) is 1.41. The van der Waals surface area contributed by atoms with E-state index in [1.807, 2.05) is 24.3 Å². The Balaban J connectivity index is 1.72. The smallest absolute Gasteiger partial charge is 0.251 e. The quantitative estimate of drug-likeness (QED) is 0.814. The molecule has 0 aromatic heterocycles. The van der Waals surface area contributed by atoms with Crippen LogP contribution in [-0.2, 0) is 9.53 Å². The van der Waals surface area contributed by atoms with Gasteiger partial charge < -0.3 is 24.8 Å². The molecule has 0 spiro atoms. The Morgan fingerprint density at radius 3 is 2.59 bits per heavy atom. The van der Waals surface area contributed by atoms with Gasteiger partial charge in [-0.2, -0.15) is 0 Å². The summed E-state index contributed by atoms with van der Waals surface area (Å²) in [7, 11) is 3.38. The molecule has 0 bridgehead atoms. The third-order valence-corrected chi connectivity index (χ3v) is 3.78. The summed E-state index contributed by atoms with van der Waals surface area (Å²) in [6.07, 6.45) is 1.24. The molecule has 1 saturated heterocycles. The number of carbonyl (C=O) groups is 1. The van der Waals surface area contributed by atoms with E-state index in [1.54, 1.807) is 19.1 Å². The number of rotatable bonds is 7. The Labute approximate surface area is 131 Å². The standard InChI is InChI=1S/C16H24N2O4/c1-18(16(19)15-8-7-14(11-17)22-15)9-10-21-13-5-3-12(20-2)4-6-13/h3-6,14-15H,7-11,17H2,1-2H3/t14-,15+/m1/s1. The summed E-state index contributed by atoms with van der Waals surface area (Å²) >= 11 is 0. The van der Waals surface area contributed by atoms with Crippen molar-refractivity contribution in [2.75, 3.05) is 33.9 Å². The zero-order chi connectivity index (χ0) is 15.9. The van der Waals surface area contributed by atoms with Crippen molar-refractivity contribution >= 4 is 5.91 Å². The molecule has 22 heavy (non-hydrogen) atoms. The second-order valence-electron chi connectivity index (χ2n) is 5.34. The van der Waals surface area contributed by atoms with Crippen LogP contribution < -0.4 is 15.2 Å². The average molecular weight is 308 g/mol. The Kier molecular flexibility index (Phi) is 6.03. The van der Waals surface area contributed by atoms with Crippen LogP contribution in [-0.4, -0.2) is 56.9 Å². The van der Waals surface area contributed by atoms with E-state index in [2.05, 4.69) is 0 Å². The Morgan fingerprint density at radius 1 is 1.32 bits per heavy atom. The fourth-order valence-electron chi connectivity index (χ4n) is 2.39. The van der Waals surface area contributed by atoms with Crippen molar-refractivity contribution in [1.82, 2.24) is 4.90 Å². The first kappa shape index (κ1) is 16.6. The van der Waals surface area contributed by atoms with Gasteiger partial charge in [0.15, 0.2) is 0 Å². The van der Waals surface area contributed by atoms with E-state index in [9.17, 15) is 4.79 Å². The first-order valence-electron chi connectivity index (χ1n) is 7.51. The van der Waals surface area contributed by atoms with Gasteiger partial charge in [0.2, 0.25) is 0 Å². The number of nitrogens with zero attached hydrogens (tertiary/aromatic N) is 1. The molecule has 6 heteroatoms. The van der Waals surface area contributed by atoms with Gasteiger partial charge >= 0.3 is 0 Å². The Bertz CT molecular complexity index is 478. The van der Waals surface area contributed by atoms with E-state index >= 15 is 0 Å². The minimum atomic E-state index is -0.362. The van der Waals surface area contributed by atoms with Gasteiger partial charge in [0.05, 0.1) is 19.8 Å². The van der Waals surface area contributed by atoms with Gasteiger partial charge in [-0.25, -0.2) is 0 Å². The highest BCUT2D eigenvalue weighted by Crippen LogP contribution is 2.20. The van der Waals surface area contributed by atoms with Crippen LogP contribution in [0.25, 0.3) is 0 Å². The fourth-order valence-corrected chi connectivity index (χ4v) is 2.39. The van der Waals surface area contributed by atoms with Gasteiger partial charge in [0, 0.05) is 13.6 Å². The van der Waals surface area contributed by atoms with Gasteiger partial charge in [-0.3, -0.25) is 4.79 Å². The second-order valence-corrected chi connectivity index (χ2v) is 5.34. The van der Waals surface area contributed by atoms with Crippen LogP contribution in [0.4, 0.5) is 0 Å². The van der Waals surface area contributed by atoms with Gasteiger partial charge in [0.1, 0.15) is 24.2 Å². The summed E-state index contributed by atoms with van der Waals surface area (Å²) in [6, 6.07) is 7.35. The van der Waals surface area contributed by atoms with E-state index in [0.29, 0.717) is 19.7 Å². The number of methoxy groups -OCH3 is 1. The van der Waals surface area contributed by atoms with Crippen LogP contribution in [0.5, 0.6) is 11.5 Å². The first-order chi connectivity index (χ1) is 10.6. The van der Waals surface area contributed by atoms with E-state index in [4.69, 9.17) is 19.9 Å². The summed E-state index contributed by atoms with van der Waals surface area (Å²) < 4.78 is 16.3. The maximum Gasteiger partial charge on any atom is 0.251 e. The van der Waals surface area contributed by atoms with Gasteiger partial charge in [0.25, 0.3) is 5.91 Å². The molecule has 1 heterocycles. The number of amides is 1. The molecule has 2 atom stereocenters. The molecule has 1 aromatic rings. The largest absolute Gasteiger partial charge is 0.497 e. The van der Waals surface area contributed by atoms with Gasteiger partial charge in [-0.15, -0.1) is 0 Å². The monoisotopic (exact) mass is 308 g/mol. The molecule has 1 aromatic carbocycles. The first-order valence-corrected chi connectivity index (χ1v) is 7.51. The number of benzene rings is 1. The highest BCUT2D eigenvalue weighted by atomic mass is 16.5. The molecule has 0 unspecified atom stereocenters. The SMILES string of the molecule is COc1ccc(OCCN(C)C(=O)[C@@H]2CC[C@H](CN)O2)cc1. The predicted molar refractivity (Wildman–Crippen MR) is 83.1 cm³/mol. The van der Waals surface area contributed by atoms with Crippen molar-refractivity contribution in [3.8, 4) is 11.5 Å². The molecular weight excluding hydrogens is 284 g/mol. The highest BCUT2D eigenvalue weighted by Gasteiger charge is 2.31. The Hall–Kier alpha value is -1.79. The van der Waals surface area contributed by atoms with Crippen molar-refractivity contribution in [3.63, 3.8) is 0 Å². The van der Waals surface area contributed by atoms with Crippen LogP contribution in [0.15, 0.2) is 24.3 Å². The zero-order valence-electron chi connectivity index (χ0n) is 13.2. The van der Waals surface area contributed by atoms with Crippen LogP contribution in [0, 0.1) is 0 Å². The number of hydrogen-bond donors (Lipinski definition) is 1.